The van der Waals surface area contributed by atoms with Gasteiger partial charge in [0.15, 0.2) is 0 Å². The van der Waals surface area contributed by atoms with Crippen molar-refractivity contribution in [2.75, 3.05) is 19.6 Å². The Morgan fingerprint density at radius 3 is 2.39 bits per heavy atom. The largest absolute Gasteiger partial charge is 0.511 e. The minimum Gasteiger partial charge on any atom is -0.511 e. The number of nitrogens with zero attached hydrogens (tertiary/aromatic N) is 1. The van der Waals surface area contributed by atoms with Crippen LogP contribution in [0.5, 0.6) is 0 Å². The van der Waals surface area contributed by atoms with Crippen molar-refractivity contribution in [3.05, 3.63) is 46.7 Å². The summed E-state index contributed by atoms with van der Waals surface area (Å²) in [6.45, 7) is 2.31. The number of amides is 3. The Morgan fingerprint density at radius 2 is 1.79 bits per heavy atom. The molecule has 1 aliphatic rings. The highest BCUT2D eigenvalue weighted by molar-refractivity contribution is 6.19. The van der Waals surface area contributed by atoms with Gasteiger partial charge in [-0.2, -0.15) is 0 Å². The van der Waals surface area contributed by atoms with Crippen molar-refractivity contribution in [3.63, 3.8) is 0 Å². The molecule has 0 fully saturated rings. The molecule has 4 N–H and O–H groups in total. The van der Waals surface area contributed by atoms with Crippen LogP contribution in [0.15, 0.2) is 35.6 Å². The first-order valence-corrected chi connectivity index (χ1v) is 8.92. The number of carboxylic acid groups (broad SMARTS) is 1. The van der Waals surface area contributed by atoms with Crippen molar-refractivity contribution in [2.45, 2.75) is 26.3 Å². The van der Waals surface area contributed by atoms with E-state index in [2.05, 4.69) is 10.6 Å². The van der Waals surface area contributed by atoms with Crippen LogP contribution in [0.25, 0.3) is 0 Å². The Hall–Kier alpha value is -3.36. The summed E-state index contributed by atoms with van der Waals surface area (Å²) < 4.78 is 0. The van der Waals surface area contributed by atoms with Crippen molar-refractivity contribution in [1.82, 2.24) is 15.5 Å². The fourth-order valence-corrected chi connectivity index (χ4v) is 2.69. The third-order valence-electron chi connectivity index (χ3n) is 4.16. The number of rotatable bonds is 8. The molecule has 150 valence electrons. The first-order valence-electron chi connectivity index (χ1n) is 8.92. The molecule has 1 aromatic rings. The quantitative estimate of drug-likeness (QED) is 0.480. The topological polar surface area (TPSA) is 136 Å². The third-order valence-corrected chi connectivity index (χ3v) is 4.16. The number of carbonyl (C=O) groups excluding carboxylic acids is 3. The monoisotopic (exact) mass is 389 g/mol. The van der Waals surface area contributed by atoms with Gasteiger partial charge in [0.2, 0.25) is 0 Å². The average Bonchev–Trinajstić information content (AvgIpc) is 2.67. The van der Waals surface area contributed by atoms with Gasteiger partial charge in [0.25, 0.3) is 17.7 Å². The molecular formula is C19H23N3O6. The Labute approximate surface area is 162 Å². The van der Waals surface area contributed by atoms with E-state index in [4.69, 9.17) is 5.11 Å². The summed E-state index contributed by atoms with van der Waals surface area (Å²) in [5.41, 5.74) is 0.823. The first-order chi connectivity index (χ1) is 13.3. The van der Waals surface area contributed by atoms with Crippen LogP contribution in [-0.4, -0.2) is 58.4 Å². The van der Waals surface area contributed by atoms with Crippen LogP contribution in [0.1, 0.15) is 35.7 Å². The molecule has 0 saturated carbocycles. The maximum Gasteiger partial charge on any atom is 0.322 e. The van der Waals surface area contributed by atoms with Crippen molar-refractivity contribution in [1.29, 1.82) is 0 Å². The van der Waals surface area contributed by atoms with Gasteiger partial charge in [0.1, 0.15) is 17.9 Å². The molecule has 9 nitrogen and oxygen atoms in total. The molecule has 0 aliphatic carbocycles. The number of hydrogen-bond acceptors (Lipinski definition) is 5. The summed E-state index contributed by atoms with van der Waals surface area (Å²) in [5, 5.41) is 23.4. The number of carboxylic acids is 1. The molecule has 1 aromatic carbocycles. The zero-order chi connectivity index (χ0) is 20.7. The van der Waals surface area contributed by atoms with Crippen molar-refractivity contribution >= 4 is 23.7 Å². The Morgan fingerprint density at radius 1 is 1.11 bits per heavy atom. The van der Waals surface area contributed by atoms with E-state index in [1.807, 2.05) is 6.92 Å². The highest BCUT2D eigenvalue weighted by Crippen LogP contribution is 2.20. The van der Waals surface area contributed by atoms with Gasteiger partial charge in [-0.25, -0.2) is 0 Å². The van der Waals surface area contributed by atoms with E-state index in [1.165, 1.54) is 4.90 Å². The third kappa shape index (κ3) is 5.32. The summed E-state index contributed by atoms with van der Waals surface area (Å²) in [6.07, 6.45) is 0.933. The maximum atomic E-state index is 12.6. The minimum absolute atomic E-state index is 0.0963. The van der Waals surface area contributed by atoms with Crippen LogP contribution in [0.3, 0.4) is 0 Å². The van der Waals surface area contributed by atoms with Crippen LogP contribution in [0.2, 0.25) is 0 Å². The minimum atomic E-state index is -1.25. The van der Waals surface area contributed by atoms with E-state index in [0.717, 1.165) is 12.0 Å². The zero-order valence-corrected chi connectivity index (χ0v) is 15.5. The van der Waals surface area contributed by atoms with Crippen LogP contribution >= 0.6 is 0 Å². The van der Waals surface area contributed by atoms with E-state index >= 15 is 0 Å². The molecule has 0 atom stereocenters. The number of aliphatic carboxylic acids is 1. The standard InChI is InChI=1S/C19H23N3O6/c1-2-8-20-17(26)13-5-3-12(4-6-13)11-22-9-7-14(23)16(19(22)28)18(27)21-10-15(24)25/h3-6,23H,2,7-11H2,1H3,(H,20,26)(H,21,27)(H,24,25). The fourth-order valence-electron chi connectivity index (χ4n) is 2.69. The summed E-state index contributed by atoms with van der Waals surface area (Å²) in [6, 6.07) is 6.75. The van der Waals surface area contributed by atoms with E-state index in [-0.39, 0.29) is 31.2 Å². The van der Waals surface area contributed by atoms with Gasteiger partial charge >= 0.3 is 5.97 Å². The number of carbonyl (C=O) groups is 4. The van der Waals surface area contributed by atoms with Crippen LogP contribution in [0.4, 0.5) is 0 Å². The van der Waals surface area contributed by atoms with E-state index < -0.39 is 29.9 Å². The highest BCUT2D eigenvalue weighted by atomic mass is 16.4. The Bertz CT molecular complexity index is 800. The van der Waals surface area contributed by atoms with Crippen molar-refractivity contribution < 1.29 is 29.4 Å². The molecule has 1 heterocycles. The lowest BCUT2D eigenvalue weighted by molar-refractivity contribution is -0.138. The maximum absolute atomic E-state index is 12.6. The SMILES string of the molecule is CCCNC(=O)c1ccc(CN2CCC(O)=C(C(=O)NCC(=O)O)C2=O)cc1. The predicted octanol–water partition coefficient (Wildman–Crippen LogP) is 0.572. The van der Waals surface area contributed by atoms with Gasteiger partial charge in [0, 0.05) is 31.6 Å². The normalized spacial score (nSPS) is 14.0. The second-order valence-electron chi connectivity index (χ2n) is 6.33. The second kappa shape index (κ2) is 9.54. The molecule has 0 radical (unpaired) electrons. The lowest BCUT2D eigenvalue weighted by Gasteiger charge is -2.28. The highest BCUT2D eigenvalue weighted by Gasteiger charge is 2.32. The van der Waals surface area contributed by atoms with Crippen LogP contribution < -0.4 is 10.6 Å². The zero-order valence-electron chi connectivity index (χ0n) is 15.5. The number of benzene rings is 1. The molecule has 1 aliphatic heterocycles. The first kappa shape index (κ1) is 20.9. The molecule has 3 amide bonds. The van der Waals surface area contributed by atoms with E-state index in [1.54, 1.807) is 24.3 Å². The molecule has 28 heavy (non-hydrogen) atoms. The van der Waals surface area contributed by atoms with Gasteiger partial charge < -0.3 is 25.7 Å². The number of hydrogen-bond donors (Lipinski definition) is 4. The fraction of sp³-hybridized carbons (Fsp3) is 0.368. The average molecular weight is 389 g/mol. The lowest BCUT2D eigenvalue weighted by Crippen LogP contribution is -2.43. The predicted molar refractivity (Wildman–Crippen MR) is 99.4 cm³/mol. The van der Waals surface area contributed by atoms with Crippen LogP contribution in [-0.2, 0) is 20.9 Å². The molecule has 0 bridgehead atoms. The summed E-state index contributed by atoms with van der Waals surface area (Å²) in [5.74, 6) is -3.37. The van der Waals surface area contributed by atoms with Gasteiger partial charge in [-0.05, 0) is 24.1 Å². The summed E-state index contributed by atoms with van der Waals surface area (Å²) >= 11 is 0. The number of aliphatic hydroxyl groups excluding tert-OH is 1. The van der Waals surface area contributed by atoms with Gasteiger partial charge in [-0.1, -0.05) is 19.1 Å². The number of nitrogens with one attached hydrogen (secondary N) is 2. The van der Waals surface area contributed by atoms with Crippen molar-refractivity contribution in [3.8, 4) is 0 Å². The Kier molecular flexibility index (Phi) is 7.14. The second-order valence-corrected chi connectivity index (χ2v) is 6.33. The molecule has 9 heteroatoms. The Balaban J connectivity index is 2.04. The molecule has 0 unspecified atom stereocenters. The van der Waals surface area contributed by atoms with Crippen molar-refractivity contribution in [2.24, 2.45) is 0 Å². The van der Waals surface area contributed by atoms with Gasteiger partial charge in [-0.15, -0.1) is 0 Å². The molecule has 0 aromatic heterocycles. The lowest BCUT2D eigenvalue weighted by atomic mass is 10.0. The molecule has 0 saturated heterocycles. The molecular weight excluding hydrogens is 366 g/mol. The smallest absolute Gasteiger partial charge is 0.322 e. The van der Waals surface area contributed by atoms with Gasteiger partial charge in [0.05, 0.1) is 0 Å². The summed E-state index contributed by atoms with van der Waals surface area (Å²) in [4.78, 5) is 48.5. The number of aliphatic hydroxyl groups is 1. The molecule has 0 spiro atoms. The molecule has 2 rings (SSSR count). The van der Waals surface area contributed by atoms with Gasteiger partial charge in [-0.3, -0.25) is 19.2 Å². The van der Waals surface area contributed by atoms with Crippen LogP contribution in [0, 0.1) is 0 Å². The van der Waals surface area contributed by atoms with E-state index in [0.29, 0.717) is 12.1 Å². The summed E-state index contributed by atoms with van der Waals surface area (Å²) in [7, 11) is 0. The van der Waals surface area contributed by atoms with E-state index in [9.17, 15) is 24.3 Å².